The van der Waals surface area contributed by atoms with E-state index in [-0.39, 0.29) is 39.7 Å². The van der Waals surface area contributed by atoms with Gasteiger partial charge in [-0.25, -0.2) is 14.4 Å². The Labute approximate surface area is 219 Å². The summed E-state index contributed by atoms with van der Waals surface area (Å²) in [6.45, 7) is 0.351. The van der Waals surface area contributed by atoms with Gasteiger partial charge >= 0.3 is 6.18 Å². The summed E-state index contributed by atoms with van der Waals surface area (Å²) in [6.07, 6.45) is -2.74. The Kier molecular flexibility index (Phi) is 6.78. The number of pyridine rings is 2. The Bertz CT molecular complexity index is 1680. The SMILES string of the molecule is COc1cc([C@H]2C[C@@H](c3cc4c(=O)n(C)c(C(F)(F)F)nc4c(-c4ccc(C#N)cc4F)n3)CCO2)ccn1. The molecule has 1 fully saturated rings. The number of benzene rings is 1. The van der Waals surface area contributed by atoms with E-state index in [1.54, 1.807) is 18.3 Å². The number of nitrogens with zero attached hydrogens (tertiary/aromatic N) is 5. The Morgan fingerprint density at radius 1 is 1.18 bits per heavy atom. The molecule has 0 saturated carbocycles. The highest BCUT2D eigenvalue weighted by Gasteiger charge is 2.37. The predicted octanol–water partition coefficient (Wildman–Crippen LogP) is 5.06. The number of hydrogen-bond acceptors (Lipinski definition) is 7. The van der Waals surface area contributed by atoms with Gasteiger partial charge in [0.2, 0.25) is 11.7 Å². The summed E-state index contributed by atoms with van der Waals surface area (Å²) < 4.78 is 67.9. The average Bonchev–Trinajstić information content (AvgIpc) is 2.94. The number of aromatic nitrogens is 4. The molecule has 39 heavy (non-hydrogen) atoms. The Hall–Kier alpha value is -4.37. The molecule has 0 N–H and O–H groups in total. The van der Waals surface area contributed by atoms with E-state index in [2.05, 4.69) is 15.0 Å². The van der Waals surface area contributed by atoms with Crippen LogP contribution in [0.15, 0.2) is 47.4 Å². The van der Waals surface area contributed by atoms with Crippen LogP contribution in [0.1, 0.15) is 47.5 Å². The van der Waals surface area contributed by atoms with Gasteiger partial charge in [-0.15, -0.1) is 0 Å². The quantitative estimate of drug-likeness (QED) is 0.334. The molecule has 0 radical (unpaired) electrons. The van der Waals surface area contributed by atoms with Gasteiger partial charge in [-0.1, -0.05) is 0 Å². The third-order valence-electron chi connectivity index (χ3n) is 6.73. The van der Waals surface area contributed by atoms with Crippen LogP contribution >= 0.6 is 0 Å². The van der Waals surface area contributed by atoms with Crippen LogP contribution < -0.4 is 10.3 Å². The summed E-state index contributed by atoms with van der Waals surface area (Å²) in [6, 6.07) is 10.3. The van der Waals surface area contributed by atoms with Gasteiger partial charge in [0, 0.05) is 43.1 Å². The summed E-state index contributed by atoms with van der Waals surface area (Å²) in [7, 11) is 2.49. The Morgan fingerprint density at radius 2 is 1.97 bits per heavy atom. The second-order valence-electron chi connectivity index (χ2n) is 9.11. The first-order chi connectivity index (χ1) is 18.6. The molecule has 1 aliphatic rings. The number of fused-ring (bicyclic) bond motifs is 1. The van der Waals surface area contributed by atoms with Crippen LogP contribution in [-0.2, 0) is 18.0 Å². The predicted molar refractivity (Wildman–Crippen MR) is 131 cm³/mol. The molecule has 5 rings (SSSR count). The van der Waals surface area contributed by atoms with Gasteiger partial charge in [0.05, 0.1) is 35.9 Å². The lowest BCUT2D eigenvalue weighted by atomic mass is 9.88. The van der Waals surface area contributed by atoms with Crippen molar-refractivity contribution in [3.05, 3.63) is 81.4 Å². The number of ether oxygens (including phenoxy) is 2. The molecule has 0 unspecified atom stereocenters. The standard InChI is InChI=1S/C27H21F4N5O3/c1-36-25(37)18-12-20(15-6-8-39-21(10-15)16-5-7-33-22(11-16)38-2)34-23(24(18)35-26(36)27(29,30)31)17-4-3-14(13-32)9-19(17)28/h3-5,7,9,11-12,15,21H,6,8,10H2,1-2H3/t15-,21+/m0/s1. The largest absolute Gasteiger partial charge is 0.481 e. The molecule has 0 bridgehead atoms. The van der Waals surface area contributed by atoms with Gasteiger partial charge in [0.1, 0.15) is 11.3 Å². The Balaban J connectivity index is 1.69. The van der Waals surface area contributed by atoms with E-state index in [1.165, 1.54) is 25.3 Å². The molecule has 3 aromatic heterocycles. The lowest BCUT2D eigenvalue weighted by Crippen LogP contribution is -2.28. The first-order valence-corrected chi connectivity index (χ1v) is 11.9. The number of alkyl halides is 3. The second-order valence-corrected chi connectivity index (χ2v) is 9.11. The second kappa shape index (κ2) is 10.1. The summed E-state index contributed by atoms with van der Waals surface area (Å²) in [5, 5.41) is 8.99. The fraction of sp³-hybridized carbons (Fsp3) is 0.296. The molecule has 8 nitrogen and oxygen atoms in total. The highest BCUT2D eigenvalue weighted by atomic mass is 19.4. The van der Waals surface area contributed by atoms with E-state index in [4.69, 9.17) is 14.7 Å². The smallest absolute Gasteiger partial charge is 0.449 e. The topological polar surface area (TPSA) is 103 Å². The van der Waals surface area contributed by atoms with Crippen molar-refractivity contribution < 1.29 is 27.0 Å². The molecule has 200 valence electrons. The molecular weight excluding hydrogens is 518 g/mol. The number of halogens is 4. The molecule has 1 aromatic carbocycles. The molecule has 12 heteroatoms. The van der Waals surface area contributed by atoms with E-state index in [1.807, 2.05) is 6.07 Å². The maximum atomic E-state index is 15.1. The van der Waals surface area contributed by atoms with E-state index < -0.39 is 23.4 Å². The zero-order valence-corrected chi connectivity index (χ0v) is 20.8. The lowest BCUT2D eigenvalue weighted by molar-refractivity contribution is -0.147. The third-order valence-corrected chi connectivity index (χ3v) is 6.73. The van der Waals surface area contributed by atoms with E-state index in [9.17, 15) is 18.0 Å². The average molecular weight is 539 g/mol. The summed E-state index contributed by atoms with van der Waals surface area (Å²) >= 11 is 0. The zero-order chi connectivity index (χ0) is 27.9. The highest BCUT2D eigenvalue weighted by molar-refractivity contribution is 5.91. The van der Waals surface area contributed by atoms with Crippen LogP contribution in [0.2, 0.25) is 0 Å². The Morgan fingerprint density at radius 3 is 2.67 bits per heavy atom. The van der Waals surface area contributed by atoms with Crippen LogP contribution in [0, 0.1) is 17.1 Å². The molecule has 2 atom stereocenters. The van der Waals surface area contributed by atoms with Crippen molar-refractivity contribution in [2.24, 2.45) is 7.05 Å². The van der Waals surface area contributed by atoms with Gasteiger partial charge in [-0.3, -0.25) is 14.3 Å². The summed E-state index contributed by atoms with van der Waals surface area (Å²) in [5.41, 5.74) is -0.448. The van der Waals surface area contributed by atoms with Crippen LogP contribution in [0.5, 0.6) is 5.88 Å². The van der Waals surface area contributed by atoms with E-state index >= 15 is 4.39 Å². The number of methoxy groups -OCH3 is 1. The van der Waals surface area contributed by atoms with Crippen LogP contribution in [0.25, 0.3) is 22.2 Å². The normalized spacial score (nSPS) is 17.7. The summed E-state index contributed by atoms with van der Waals surface area (Å²) in [5.74, 6) is -2.15. The first kappa shape index (κ1) is 26.2. The van der Waals surface area contributed by atoms with Gasteiger partial charge in [0.15, 0.2) is 0 Å². The fourth-order valence-electron chi connectivity index (χ4n) is 4.75. The van der Waals surface area contributed by atoms with Crippen LogP contribution in [-0.4, -0.2) is 33.2 Å². The monoisotopic (exact) mass is 539 g/mol. The molecule has 0 aliphatic carbocycles. The fourth-order valence-corrected chi connectivity index (χ4v) is 4.75. The zero-order valence-electron chi connectivity index (χ0n) is 20.8. The first-order valence-electron chi connectivity index (χ1n) is 11.9. The van der Waals surface area contributed by atoms with Crippen LogP contribution in [0.3, 0.4) is 0 Å². The van der Waals surface area contributed by atoms with E-state index in [0.717, 1.165) is 18.7 Å². The lowest BCUT2D eigenvalue weighted by Gasteiger charge is -2.30. The minimum absolute atomic E-state index is 0.0246. The van der Waals surface area contributed by atoms with Crippen molar-refractivity contribution in [2.45, 2.75) is 31.0 Å². The molecule has 4 heterocycles. The minimum Gasteiger partial charge on any atom is -0.481 e. The third kappa shape index (κ3) is 4.93. The number of hydrogen-bond donors (Lipinski definition) is 0. The van der Waals surface area contributed by atoms with Crippen molar-refractivity contribution in [3.8, 4) is 23.2 Å². The molecule has 0 spiro atoms. The van der Waals surface area contributed by atoms with Crippen molar-refractivity contribution in [1.29, 1.82) is 5.26 Å². The van der Waals surface area contributed by atoms with Crippen molar-refractivity contribution in [1.82, 2.24) is 19.5 Å². The van der Waals surface area contributed by atoms with Crippen LogP contribution in [0.4, 0.5) is 17.6 Å². The van der Waals surface area contributed by atoms with Gasteiger partial charge in [0.25, 0.3) is 5.56 Å². The van der Waals surface area contributed by atoms with Gasteiger partial charge < -0.3 is 9.47 Å². The van der Waals surface area contributed by atoms with Crippen molar-refractivity contribution >= 4 is 10.9 Å². The molecule has 1 aliphatic heterocycles. The summed E-state index contributed by atoms with van der Waals surface area (Å²) in [4.78, 5) is 25.6. The van der Waals surface area contributed by atoms with Gasteiger partial charge in [-0.05, 0) is 48.7 Å². The van der Waals surface area contributed by atoms with Gasteiger partial charge in [-0.2, -0.15) is 18.4 Å². The molecule has 0 amide bonds. The molecule has 4 aromatic rings. The van der Waals surface area contributed by atoms with Crippen molar-refractivity contribution in [2.75, 3.05) is 13.7 Å². The van der Waals surface area contributed by atoms with E-state index in [0.29, 0.717) is 35.6 Å². The maximum absolute atomic E-state index is 15.1. The highest BCUT2D eigenvalue weighted by Crippen LogP contribution is 2.40. The number of nitriles is 1. The molecule has 1 saturated heterocycles. The minimum atomic E-state index is -4.93. The number of rotatable bonds is 4. The van der Waals surface area contributed by atoms with Crippen molar-refractivity contribution in [3.63, 3.8) is 0 Å². The molecular formula is C27H21F4N5O3. The maximum Gasteiger partial charge on any atom is 0.449 e.